The van der Waals surface area contributed by atoms with Crippen LogP contribution >= 0.6 is 0 Å². The molecule has 0 spiro atoms. The number of aromatic amines is 1. The summed E-state index contributed by atoms with van der Waals surface area (Å²) in [5, 5.41) is 28.9. The number of benzene rings is 2. The van der Waals surface area contributed by atoms with Crippen LogP contribution in [0.1, 0.15) is 17.0 Å². The van der Waals surface area contributed by atoms with Crippen LogP contribution in [0.25, 0.3) is 16.6 Å². The molecule has 0 fully saturated rings. The molecule has 25 heavy (non-hydrogen) atoms. The van der Waals surface area contributed by atoms with E-state index in [-0.39, 0.29) is 23.9 Å². The maximum absolute atomic E-state index is 10.4. The van der Waals surface area contributed by atoms with Crippen LogP contribution in [-0.4, -0.2) is 32.6 Å². The lowest BCUT2D eigenvalue weighted by Gasteiger charge is -2.19. The molecule has 0 saturated heterocycles. The Kier molecular flexibility index (Phi) is 3.28. The van der Waals surface area contributed by atoms with E-state index < -0.39 is 0 Å². The van der Waals surface area contributed by atoms with E-state index in [1.807, 2.05) is 26.0 Å². The summed E-state index contributed by atoms with van der Waals surface area (Å²) < 4.78 is 0. The average Bonchev–Trinajstić information content (AvgIpc) is 3.08. The quantitative estimate of drug-likeness (QED) is 0.575. The molecule has 0 aliphatic carbocycles. The van der Waals surface area contributed by atoms with Crippen molar-refractivity contribution in [3.05, 3.63) is 59.1 Å². The predicted molar refractivity (Wildman–Crippen MR) is 98.3 cm³/mol. The maximum atomic E-state index is 10.4. The molecule has 6 nitrogen and oxygen atoms in total. The molecule has 4 rings (SSSR count). The Balaban J connectivity index is 1.77. The van der Waals surface area contributed by atoms with Crippen molar-refractivity contribution in [2.75, 3.05) is 11.4 Å². The molecule has 2 aromatic carbocycles. The van der Waals surface area contributed by atoms with Gasteiger partial charge in [0.2, 0.25) is 0 Å². The van der Waals surface area contributed by atoms with Crippen LogP contribution in [0, 0.1) is 19.3 Å². The van der Waals surface area contributed by atoms with Gasteiger partial charge in [0.15, 0.2) is 0 Å². The molecule has 126 valence electrons. The Hall–Kier alpha value is -3.28. The van der Waals surface area contributed by atoms with Crippen molar-refractivity contribution < 1.29 is 10.2 Å². The summed E-state index contributed by atoms with van der Waals surface area (Å²) in [6.07, 6.45) is 0. The second-order valence-electron chi connectivity index (χ2n) is 6.28. The van der Waals surface area contributed by atoms with Gasteiger partial charge in [0.1, 0.15) is 23.2 Å². The highest BCUT2D eigenvalue weighted by molar-refractivity contribution is 6.30. The number of para-hydroxylation sites is 2. The highest BCUT2D eigenvalue weighted by atomic mass is 16.3. The average molecular weight is 334 g/mol. The molecule has 1 aromatic heterocycles. The van der Waals surface area contributed by atoms with Crippen LogP contribution in [0.5, 0.6) is 5.75 Å². The summed E-state index contributed by atoms with van der Waals surface area (Å²) in [5.41, 5.74) is 4.80. The Morgan fingerprint density at radius 1 is 1.12 bits per heavy atom. The number of anilines is 1. The highest BCUT2D eigenvalue weighted by Gasteiger charge is 2.32. The summed E-state index contributed by atoms with van der Waals surface area (Å²) in [7, 11) is 0. The minimum Gasteiger partial charge on any atom is -0.509 e. The van der Waals surface area contributed by atoms with Crippen LogP contribution in [0.3, 0.4) is 0 Å². The van der Waals surface area contributed by atoms with Crippen LogP contribution in [0.4, 0.5) is 5.69 Å². The fraction of sp³-hybridized carbons (Fsp3) is 0.158. The number of aryl methyl sites for hydroxylation is 2. The van der Waals surface area contributed by atoms with Gasteiger partial charge in [-0.15, -0.1) is 0 Å². The molecule has 4 N–H and O–H groups in total. The molecular formula is C19H18N4O2. The molecule has 3 aromatic rings. The number of aromatic nitrogens is 2. The van der Waals surface area contributed by atoms with Gasteiger partial charge in [-0.25, -0.2) is 4.98 Å². The Morgan fingerprint density at radius 2 is 1.84 bits per heavy atom. The number of imidazole rings is 1. The van der Waals surface area contributed by atoms with E-state index in [4.69, 9.17) is 5.41 Å². The Labute approximate surface area is 144 Å². The van der Waals surface area contributed by atoms with Crippen molar-refractivity contribution in [1.29, 1.82) is 5.41 Å². The summed E-state index contributed by atoms with van der Waals surface area (Å²) >= 11 is 0. The van der Waals surface area contributed by atoms with Crippen LogP contribution in [0.15, 0.2) is 42.2 Å². The first-order valence-corrected chi connectivity index (χ1v) is 7.99. The van der Waals surface area contributed by atoms with Crippen LogP contribution in [-0.2, 0) is 0 Å². The van der Waals surface area contributed by atoms with Gasteiger partial charge < -0.3 is 20.1 Å². The third-order valence-corrected chi connectivity index (χ3v) is 4.61. The molecule has 0 amide bonds. The molecule has 0 bridgehead atoms. The van der Waals surface area contributed by atoms with Gasteiger partial charge in [0.25, 0.3) is 0 Å². The third-order valence-electron chi connectivity index (χ3n) is 4.61. The normalized spacial score (nSPS) is 14.8. The summed E-state index contributed by atoms with van der Waals surface area (Å²) in [4.78, 5) is 9.30. The molecule has 6 heteroatoms. The second kappa shape index (κ2) is 5.37. The molecule has 2 heterocycles. The number of H-pyrrole nitrogens is 1. The van der Waals surface area contributed by atoms with E-state index in [2.05, 4.69) is 9.97 Å². The minimum absolute atomic E-state index is 0.0563. The van der Waals surface area contributed by atoms with Gasteiger partial charge in [-0.2, -0.15) is 0 Å². The number of hydrogen-bond acceptors (Lipinski definition) is 4. The third kappa shape index (κ3) is 2.34. The number of fused-ring (bicyclic) bond motifs is 1. The van der Waals surface area contributed by atoms with E-state index >= 15 is 0 Å². The number of nitrogens with one attached hydrogen (secondary N) is 2. The van der Waals surface area contributed by atoms with Crippen molar-refractivity contribution in [2.45, 2.75) is 13.8 Å². The van der Waals surface area contributed by atoms with Gasteiger partial charge >= 0.3 is 0 Å². The van der Waals surface area contributed by atoms with Crippen molar-refractivity contribution >= 4 is 28.1 Å². The molecule has 0 atom stereocenters. The summed E-state index contributed by atoms with van der Waals surface area (Å²) in [6, 6.07) is 10.8. The number of amidine groups is 1. The highest BCUT2D eigenvalue weighted by Crippen LogP contribution is 2.35. The molecule has 0 saturated carbocycles. The first-order valence-electron chi connectivity index (χ1n) is 7.99. The van der Waals surface area contributed by atoms with E-state index in [0.717, 1.165) is 22.2 Å². The second-order valence-corrected chi connectivity index (χ2v) is 6.28. The van der Waals surface area contributed by atoms with Gasteiger partial charge in [0, 0.05) is 0 Å². The molecular weight excluding hydrogens is 316 g/mol. The number of hydrogen-bond donors (Lipinski definition) is 4. The number of nitrogens with zero attached hydrogens (tertiary/aromatic N) is 2. The minimum atomic E-state index is 0.0563. The van der Waals surface area contributed by atoms with E-state index in [1.165, 1.54) is 0 Å². The molecule has 1 aliphatic rings. The zero-order valence-electron chi connectivity index (χ0n) is 14.0. The predicted octanol–water partition coefficient (Wildman–Crippen LogP) is 3.65. The Bertz CT molecular complexity index is 1010. The lowest BCUT2D eigenvalue weighted by Crippen LogP contribution is -2.26. The number of phenolic OH excluding ortho intramolecular Hbond substituents is 1. The van der Waals surface area contributed by atoms with Crippen LogP contribution < -0.4 is 4.90 Å². The zero-order valence-corrected chi connectivity index (χ0v) is 14.0. The largest absolute Gasteiger partial charge is 0.509 e. The topological polar surface area (TPSA) is 96.2 Å². The number of aliphatic hydroxyl groups is 1. The van der Waals surface area contributed by atoms with Gasteiger partial charge in [-0.05, 0) is 49.2 Å². The van der Waals surface area contributed by atoms with E-state index in [0.29, 0.717) is 17.1 Å². The van der Waals surface area contributed by atoms with Crippen molar-refractivity contribution in [3.63, 3.8) is 0 Å². The maximum Gasteiger partial charge on any atom is 0.145 e. The SMILES string of the molecule is Cc1cc2nc(C3=C(O)CN(c4ccccc4O)C3=N)[nH]c2cc1C. The Morgan fingerprint density at radius 3 is 2.60 bits per heavy atom. The smallest absolute Gasteiger partial charge is 0.145 e. The number of rotatable bonds is 2. The monoisotopic (exact) mass is 334 g/mol. The summed E-state index contributed by atoms with van der Waals surface area (Å²) in [6.45, 7) is 4.18. The van der Waals surface area contributed by atoms with Crippen molar-refractivity contribution in [3.8, 4) is 5.75 Å². The lowest BCUT2D eigenvalue weighted by atomic mass is 10.1. The van der Waals surface area contributed by atoms with Gasteiger partial charge in [-0.1, -0.05) is 12.1 Å². The van der Waals surface area contributed by atoms with Crippen LogP contribution in [0.2, 0.25) is 0 Å². The van der Waals surface area contributed by atoms with E-state index in [9.17, 15) is 10.2 Å². The van der Waals surface area contributed by atoms with E-state index in [1.54, 1.807) is 29.2 Å². The number of aromatic hydroxyl groups is 1. The number of aliphatic hydroxyl groups excluding tert-OH is 1. The first kappa shape index (κ1) is 15.3. The lowest BCUT2D eigenvalue weighted by molar-refractivity contribution is 0.410. The molecule has 0 radical (unpaired) electrons. The van der Waals surface area contributed by atoms with Crippen molar-refractivity contribution in [2.24, 2.45) is 0 Å². The first-order chi connectivity index (χ1) is 12.0. The fourth-order valence-electron chi connectivity index (χ4n) is 3.11. The number of phenols is 1. The summed E-state index contributed by atoms with van der Waals surface area (Å²) in [5.74, 6) is 0.685. The van der Waals surface area contributed by atoms with Gasteiger partial charge in [-0.3, -0.25) is 5.41 Å². The standard InChI is InChI=1S/C19H18N4O2/c1-10-7-12-13(8-11(10)2)22-19(21-12)17-16(25)9-23(18(17)20)14-5-3-4-6-15(14)24/h3-8,20,24-25H,9H2,1-2H3,(H,21,22). The molecule has 1 aliphatic heterocycles. The van der Waals surface area contributed by atoms with Gasteiger partial charge in [0.05, 0.1) is 28.8 Å². The molecule has 0 unspecified atom stereocenters. The zero-order chi connectivity index (χ0) is 17.7. The fourth-order valence-corrected chi connectivity index (χ4v) is 3.11. The van der Waals surface area contributed by atoms with Crippen molar-refractivity contribution in [1.82, 2.24) is 9.97 Å².